The molecule has 1 aliphatic rings. The molecule has 6 heteroatoms. The van der Waals surface area contributed by atoms with Crippen LogP contribution in [0, 0.1) is 0 Å². The van der Waals surface area contributed by atoms with E-state index in [-0.39, 0.29) is 24.5 Å². The van der Waals surface area contributed by atoms with Gasteiger partial charge in [0.15, 0.2) is 0 Å². The number of amides is 2. The molecule has 160 valence electrons. The fourth-order valence-corrected chi connectivity index (χ4v) is 3.49. The zero-order valence-electron chi connectivity index (χ0n) is 17.8. The third kappa shape index (κ3) is 6.51. The number of nitrogens with one attached hydrogen (secondary N) is 2. The maximum atomic E-state index is 12.7. The normalized spacial score (nSPS) is 14.2. The lowest BCUT2D eigenvalue weighted by Crippen LogP contribution is -2.31. The molecule has 2 aromatic rings. The molecule has 0 aromatic heterocycles. The van der Waals surface area contributed by atoms with Crippen LogP contribution in [0.4, 0.5) is 11.4 Å². The topological polar surface area (TPSA) is 70.7 Å². The predicted molar refractivity (Wildman–Crippen MR) is 120 cm³/mol. The molecule has 1 aliphatic heterocycles. The van der Waals surface area contributed by atoms with Crippen molar-refractivity contribution < 1.29 is 14.3 Å². The zero-order valence-corrected chi connectivity index (χ0v) is 17.8. The van der Waals surface area contributed by atoms with Crippen LogP contribution in [0.25, 0.3) is 0 Å². The molecule has 0 atom stereocenters. The second kappa shape index (κ2) is 10.7. The molecule has 0 aliphatic carbocycles. The lowest BCUT2D eigenvalue weighted by atomic mass is 10.1. The van der Waals surface area contributed by atoms with Gasteiger partial charge in [0, 0.05) is 36.1 Å². The minimum atomic E-state index is -0.151. The Labute approximate surface area is 178 Å². The number of anilines is 2. The largest absolute Gasteiger partial charge is 0.491 e. The minimum absolute atomic E-state index is 0.0758. The van der Waals surface area contributed by atoms with Crippen LogP contribution in [0.2, 0.25) is 0 Å². The van der Waals surface area contributed by atoms with E-state index in [4.69, 9.17) is 4.74 Å². The summed E-state index contributed by atoms with van der Waals surface area (Å²) in [4.78, 5) is 26.9. The summed E-state index contributed by atoms with van der Waals surface area (Å²) in [5, 5.41) is 5.96. The Morgan fingerprint density at radius 1 is 0.967 bits per heavy atom. The Hall–Kier alpha value is -3.02. The molecule has 1 saturated heterocycles. The van der Waals surface area contributed by atoms with Crippen molar-refractivity contribution >= 4 is 23.2 Å². The first-order valence-electron chi connectivity index (χ1n) is 10.7. The predicted octanol–water partition coefficient (Wildman–Crippen LogP) is 4.54. The summed E-state index contributed by atoms with van der Waals surface area (Å²) in [6.07, 6.45) is 4.62. The first-order valence-corrected chi connectivity index (χ1v) is 10.7. The lowest BCUT2D eigenvalue weighted by Gasteiger charge is -2.20. The monoisotopic (exact) mass is 409 g/mol. The van der Waals surface area contributed by atoms with E-state index in [1.807, 2.05) is 61.2 Å². The number of carbonyl (C=O) groups is 2. The van der Waals surface area contributed by atoms with Crippen LogP contribution in [0.15, 0.2) is 48.5 Å². The number of rotatable bonds is 7. The van der Waals surface area contributed by atoms with E-state index < -0.39 is 0 Å². The number of likely N-dealkylation sites (tertiary alicyclic amines) is 1. The van der Waals surface area contributed by atoms with E-state index in [1.54, 1.807) is 6.07 Å². The van der Waals surface area contributed by atoms with Crippen molar-refractivity contribution in [2.45, 2.75) is 45.6 Å². The number of ether oxygens (including phenoxy) is 1. The molecule has 1 fully saturated rings. The van der Waals surface area contributed by atoms with Crippen LogP contribution >= 0.6 is 0 Å². The van der Waals surface area contributed by atoms with Crippen LogP contribution in [0.5, 0.6) is 5.75 Å². The highest BCUT2D eigenvalue weighted by molar-refractivity contribution is 5.95. The second-order valence-corrected chi connectivity index (χ2v) is 7.88. The number of nitrogens with zero attached hydrogens (tertiary/aromatic N) is 1. The summed E-state index contributed by atoms with van der Waals surface area (Å²) in [5.74, 6) is 0.659. The maximum Gasteiger partial charge on any atom is 0.253 e. The summed E-state index contributed by atoms with van der Waals surface area (Å²) in [6.45, 7) is 5.73. The van der Waals surface area contributed by atoms with Gasteiger partial charge in [0.1, 0.15) is 5.75 Å². The van der Waals surface area contributed by atoms with Crippen molar-refractivity contribution in [3.63, 3.8) is 0 Å². The van der Waals surface area contributed by atoms with Gasteiger partial charge in [-0.1, -0.05) is 18.9 Å². The zero-order chi connectivity index (χ0) is 21.3. The van der Waals surface area contributed by atoms with Gasteiger partial charge in [-0.25, -0.2) is 0 Å². The number of hydrogen-bond acceptors (Lipinski definition) is 4. The Morgan fingerprint density at radius 3 is 2.33 bits per heavy atom. The van der Waals surface area contributed by atoms with Crippen molar-refractivity contribution in [1.82, 2.24) is 4.90 Å². The standard InChI is InChI=1S/C24H31N3O3/c1-18(2)30-22-9-7-8-21(16-22)26-23(28)17-25-20-12-10-19(11-13-20)24(29)27-14-5-3-4-6-15-27/h7-13,16,18,25H,3-6,14-15,17H2,1-2H3,(H,26,28). The van der Waals surface area contributed by atoms with Crippen molar-refractivity contribution in [1.29, 1.82) is 0 Å². The Balaban J connectivity index is 1.50. The van der Waals surface area contributed by atoms with E-state index in [0.29, 0.717) is 11.3 Å². The third-order valence-corrected chi connectivity index (χ3v) is 4.97. The van der Waals surface area contributed by atoms with Crippen LogP contribution in [0.1, 0.15) is 49.9 Å². The minimum Gasteiger partial charge on any atom is -0.491 e. The number of carbonyl (C=O) groups excluding carboxylic acids is 2. The average molecular weight is 410 g/mol. The third-order valence-electron chi connectivity index (χ3n) is 4.97. The molecule has 0 bridgehead atoms. The van der Waals surface area contributed by atoms with Gasteiger partial charge in [-0.2, -0.15) is 0 Å². The highest BCUT2D eigenvalue weighted by atomic mass is 16.5. The van der Waals surface area contributed by atoms with Crippen molar-refractivity contribution in [2.75, 3.05) is 30.3 Å². The Morgan fingerprint density at radius 2 is 1.67 bits per heavy atom. The summed E-state index contributed by atoms with van der Waals surface area (Å²) in [6, 6.07) is 14.7. The molecule has 0 radical (unpaired) electrons. The molecule has 2 amide bonds. The fourth-order valence-electron chi connectivity index (χ4n) is 3.49. The molecule has 1 heterocycles. The Kier molecular flexibility index (Phi) is 7.71. The number of benzene rings is 2. The Bertz CT molecular complexity index is 841. The summed E-state index contributed by atoms with van der Waals surface area (Å²) < 4.78 is 5.65. The summed E-state index contributed by atoms with van der Waals surface area (Å²) >= 11 is 0. The van der Waals surface area contributed by atoms with Gasteiger partial charge in [-0.3, -0.25) is 9.59 Å². The van der Waals surface area contributed by atoms with Crippen LogP contribution < -0.4 is 15.4 Å². The molecule has 3 rings (SSSR count). The van der Waals surface area contributed by atoms with Gasteiger partial charge in [0.05, 0.1) is 12.6 Å². The molecule has 2 aromatic carbocycles. The van der Waals surface area contributed by atoms with Gasteiger partial charge in [0.2, 0.25) is 5.91 Å². The molecule has 0 spiro atoms. The molecule has 2 N–H and O–H groups in total. The van der Waals surface area contributed by atoms with E-state index in [0.717, 1.165) is 37.4 Å². The molecule has 6 nitrogen and oxygen atoms in total. The molecule has 0 saturated carbocycles. The van der Waals surface area contributed by atoms with Gasteiger partial charge < -0.3 is 20.3 Å². The van der Waals surface area contributed by atoms with Crippen molar-refractivity contribution in [3.8, 4) is 5.75 Å². The first kappa shape index (κ1) is 21.7. The van der Waals surface area contributed by atoms with E-state index in [1.165, 1.54) is 12.8 Å². The molecule has 0 unspecified atom stereocenters. The van der Waals surface area contributed by atoms with E-state index >= 15 is 0 Å². The molecule has 30 heavy (non-hydrogen) atoms. The molecular formula is C24H31N3O3. The van der Waals surface area contributed by atoms with E-state index in [9.17, 15) is 9.59 Å². The van der Waals surface area contributed by atoms with Crippen molar-refractivity contribution in [3.05, 3.63) is 54.1 Å². The fraction of sp³-hybridized carbons (Fsp3) is 0.417. The van der Waals surface area contributed by atoms with Gasteiger partial charge in [-0.15, -0.1) is 0 Å². The highest BCUT2D eigenvalue weighted by Gasteiger charge is 2.17. The van der Waals surface area contributed by atoms with Crippen LogP contribution in [0.3, 0.4) is 0 Å². The van der Waals surface area contributed by atoms with Crippen LogP contribution in [-0.2, 0) is 4.79 Å². The summed E-state index contributed by atoms with van der Waals surface area (Å²) in [7, 11) is 0. The van der Waals surface area contributed by atoms with Crippen molar-refractivity contribution in [2.24, 2.45) is 0 Å². The smallest absolute Gasteiger partial charge is 0.253 e. The van der Waals surface area contributed by atoms with Gasteiger partial charge >= 0.3 is 0 Å². The number of hydrogen-bond donors (Lipinski definition) is 2. The lowest BCUT2D eigenvalue weighted by molar-refractivity contribution is -0.114. The quantitative estimate of drug-likeness (QED) is 0.704. The second-order valence-electron chi connectivity index (χ2n) is 7.88. The van der Waals surface area contributed by atoms with Gasteiger partial charge in [0.25, 0.3) is 5.91 Å². The maximum absolute atomic E-state index is 12.7. The van der Waals surface area contributed by atoms with E-state index in [2.05, 4.69) is 10.6 Å². The van der Waals surface area contributed by atoms with Crippen LogP contribution in [-0.4, -0.2) is 42.5 Å². The van der Waals surface area contributed by atoms with Gasteiger partial charge in [-0.05, 0) is 63.1 Å². The SMILES string of the molecule is CC(C)Oc1cccc(NC(=O)CNc2ccc(C(=O)N3CCCCCC3)cc2)c1. The first-order chi connectivity index (χ1) is 14.5. The highest BCUT2D eigenvalue weighted by Crippen LogP contribution is 2.19. The molecular weight excluding hydrogens is 378 g/mol. The summed E-state index contributed by atoms with van der Waals surface area (Å²) in [5.41, 5.74) is 2.18. The average Bonchev–Trinajstić information content (AvgIpc) is 3.01.